The number of hydrogen-bond donors (Lipinski definition) is 1. The smallest absolute Gasteiger partial charge is 0.255 e. The summed E-state index contributed by atoms with van der Waals surface area (Å²) in [5, 5.41) is 2.94. The predicted molar refractivity (Wildman–Crippen MR) is 188 cm³/mol. The highest BCUT2D eigenvalue weighted by Gasteiger charge is 2.35. The van der Waals surface area contributed by atoms with Gasteiger partial charge in [0.1, 0.15) is 11.5 Å². The van der Waals surface area contributed by atoms with Gasteiger partial charge in [-0.05, 0) is 90.5 Å². The van der Waals surface area contributed by atoms with Crippen molar-refractivity contribution in [3.63, 3.8) is 0 Å². The second-order valence-corrected chi connectivity index (χ2v) is 14.2. The zero-order valence-electron chi connectivity index (χ0n) is 28.0. The van der Waals surface area contributed by atoms with Gasteiger partial charge in [0.05, 0.1) is 16.8 Å². The van der Waals surface area contributed by atoms with Crippen molar-refractivity contribution in [3.05, 3.63) is 124 Å². The Hall–Kier alpha value is -4.51. The number of hydrogen-bond acceptors (Lipinski definition) is 4. The summed E-state index contributed by atoms with van der Waals surface area (Å²) in [6.45, 7) is 8.68. The van der Waals surface area contributed by atoms with Crippen LogP contribution in [0.15, 0.2) is 84.9 Å². The van der Waals surface area contributed by atoms with E-state index in [1.165, 1.54) is 56.9 Å². The second kappa shape index (κ2) is 13.7. The fourth-order valence-electron chi connectivity index (χ4n) is 7.10. The molecule has 0 spiro atoms. The van der Waals surface area contributed by atoms with E-state index < -0.39 is 0 Å². The number of rotatable bonds is 9. The second-order valence-electron chi connectivity index (χ2n) is 14.2. The molecule has 2 aliphatic carbocycles. The highest BCUT2D eigenvalue weighted by Crippen LogP contribution is 2.41. The van der Waals surface area contributed by atoms with Crippen LogP contribution in [0.3, 0.4) is 0 Å². The third-order valence-corrected chi connectivity index (χ3v) is 9.94. The molecule has 242 valence electrons. The molecule has 6 rings (SSSR count). The van der Waals surface area contributed by atoms with Gasteiger partial charge in [-0.15, -0.1) is 0 Å². The number of ether oxygens (including phenoxy) is 1. The van der Waals surface area contributed by atoms with Gasteiger partial charge in [0.2, 0.25) is 0 Å². The molecule has 1 amide bonds. The maximum absolute atomic E-state index is 13.9. The van der Waals surface area contributed by atoms with Crippen LogP contribution in [0.5, 0.6) is 11.5 Å². The molecule has 5 nitrogen and oxygen atoms in total. The van der Waals surface area contributed by atoms with E-state index in [2.05, 4.69) is 45.1 Å². The Morgan fingerprint density at radius 3 is 2.02 bits per heavy atom. The van der Waals surface area contributed by atoms with Crippen molar-refractivity contribution in [2.45, 2.75) is 90.4 Å². The molecule has 4 aromatic carbocycles. The van der Waals surface area contributed by atoms with Crippen molar-refractivity contribution in [1.82, 2.24) is 0 Å². The number of carbonyl (C=O) groups excluding carboxylic acids is 3. The molecular weight excluding hydrogens is 582 g/mol. The molecule has 0 bridgehead atoms. The van der Waals surface area contributed by atoms with Gasteiger partial charge in [-0.25, -0.2) is 0 Å². The number of anilines is 1. The molecule has 1 saturated carbocycles. The molecular formula is C42H45NO4. The molecule has 0 unspecified atom stereocenters. The summed E-state index contributed by atoms with van der Waals surface area (Å²) in [6, 6.07) is 25.7. The van der Waals surface area contributed by atoms with Crippen LogP contribution in [0.1, 0.15) is 138 Å². The first-order valence-corrected chi connectivity index (χ1v) is 17.2. The van der Waals surface area contributed by atoms with Crippen molar-refractivity contribution < 1.29 is 19.1 Å². The Labute approximate surface area is 278 Å². The van der Waals surface area contributed by atoms with Crippen LogP contribution in [0, 0.1) is 5.92 Å². The molecule has 1 fully saturated rings. The van der Waals surface area contributed by atoms with E-state index in [9.17, 15) is 14.4 Å². The summed E-state index contributed by atoms with van der Waals surface area (Å²) >= 11 is 0. The lowest BCUT2D eigenvalue weighted by Gasteiger charge is -2.29. The minimum Gasteiger partial charge on any atom is -0.457 e. The van der Waals surface area contributed by atoms with Crippen molar-refractivity contribution in [2.24, 2.45) is 5.92 Å². The van der Waals surface area contributed by atoms with E-state index in [4.69, 9.17) is 4.74 Å². The Bertz CT molecular complexity index is 1770. The predicted octanol–water partition coefficient (Wildman–Crippen LogP) is 10.7. The highest BCUT2D eigenvalue weighted by atomic mass is 16.5. The molecule has 0 aliphatic heterocycles. The van der Waals surface area contributed by atoms with Gasteiger partial charge >= 0.3 is 0 Å². The van der Waals surface area contributed by atoms with E-state index in [0.29, 0.717) is 34.0 Å². The number of nitrogens with one attached hydrogen (secondary N) is 1. The molecule has 0 saturated heterocycles. The van der Waals surface area contributed by atoms with Crippen LogP contribution in [0.25, 0.3) is 0 Å². The summed E-state index contributed by atoms with van der Waals surface area (Å²) in [4.78, 5) is 41.3. The minimum atomic E-state index is -0.330. The number of benzene rings is 4. The molecule has 47 heavy (non-hydrogen) atoms. The first kappa shape index (κ1) is 32.4. The van der Waals surface area contributed by atoms with Crippen LogP contribution in [-0.2, 0) is 5.41 Å². The molecule has 2 aliphatic rings. The normalized spacial score (nSPS) is 17.5. The summed E-state index contributed by atoms with van der Waals surface area (Å²) in [7, 11) is 0. The lowest BCUT2D eigenvalue weighted by molar-refractivity contribution is 0.0976. The van der Waals surface area contributed by atoms with Crippen molar-refractivity contribution in [2.75, 3.05) is 5.32 Å². The third kappa shape index (κ3) is 6.95. The summed E-state index contributed by atoms with van der Waals surface area (Å²) in [5.41, 5.74) is 4.16. The lowest BCUT2D eigenvalue weighted by atomic mass is 9.77. The highest BCUT2D eigenvalue weighted by molar-refractivity contribution is 6.31. The van der Waals surface area contributed by atoms with Crippen molar-refractivity contribution in [3.8, 4) is 11.5 Å². The number of unbranched alkanes of at least 4 members (excludes halogenated alkanes) is 2. The molecule has 5 heteroatoms. The maximum atomic E-state index is 13.9. The van der Waals surface area contributed by atoms with Gasteiger partial charge in [-0.3, -0.25) is 14.4 Å². The van der Waals surface area contributed by atoms with E-state index in [1.807, 2.05) is 36.4 Å². The maximum Gasteiger partial charge on any atom is 0.255 e. The average molecular weight is 628 g/mol. The van der Waals surface area contributed by atoms with E-state index in [1.54, 1.807) is 36.4 Å². The van der Waals surface area contributed by atoms with Gasteiger partial charge < -0.3 is 10.1 Å². The molecule has 0 heterocycles. The zero-order chi connectivity index (χ0) is 33.1. The fourth-order valence-corrected chi connectivity index (χ4v) is 7.10. The first-order chi connectivity index (χ1) is 22.6. The third-order valence-electron chi connectivity index (χ3n) is 9.94. The molecule has 0 atom stereocenters. The topological polar surface area (TPSA) is 72.5 Å². The van der Waals surface area contributed by atoms with Gasteiger partial charge in [0.15, 0.2) is 11.6 Å². The quantitative estimate of drug-likeness (QED) is 0.165. The van der Waals surface area contributed by atoms with E-state index >= 15 is 0 Å². The van der Waals surface area contributed by atoms with Gasteiger partial charge in [0.25, 0.3) is 5.91 Å². The number of carbonyl (C=O) groups is 3. The molecule has 4 aromatic rings. The van der Waals surface area contributed by atoms with E-state index in [-0.39, 0.29) is 39.8 Å². The Morgan fingerprint density at radius 1 is 0.766 bits per heavy atom. The molecule has 0 aromatic heterocycles. The Morgan fingerprint density at radius 2 is 1.40 bits per heavy atom. The number of ketones is 2. The summed E-state index contributed by atoms with van der Waals surface area (Å²) in [6.07, 6.45) is 10.2. The summed E-state index contributed by atoms with van der Waals surface area (Å²) < 4.78 is 6.24. The van der Waals surface area contributed by atoms with Gasteiger partial charge in [-0.2, -0.15) is 0 Å². The largest absolute Gasteiger partial charge is 0.457 e. The number of fused-ring (bicyclic) bond motifs is 2. The average Bonchev–Trinajstić information content (AvgIpc) is 3.08. The monoisotopic (exact) mass is 627 g/mol. The van der Waals surface area contributed by atoms with Crippen LogP contribution >= 0.6 is 0 Å². The Balaban J connectivity index is 1.23. The van der Waals surface area contributed by atoms with Crippen LogP contribution in [0.4, 0.5) is 5.69 Å². The number of amides is 1. The minimum absolute atomic E-state index is 0.0168. The first-order valence-electron chi connectivity index (χ1n) is 17.2. The van der Waals surface area contributed by atoms with Crippen LogP contribution in [-0.4, -0.2) is 17.5 Å². The fraction of sp³-hybridized carbons (Fsp3) is 0.357. The Kier molecular flexibility index (Phi) is 9.45. The lowest BCUT2D eigenvalue weighted by Crippen LogP contribution is -2.24. The zero-order valence-corrected chi connectivity index (χ0v) is 28.0. The van der Waals surface area contributed by atoms with Gasteiger partial charge in [-0.1, -0.05) is 102 Å². The van der Waals surface area contributed by atoms with Gasteiger partial charge in [0, 0.05) is 16.7 Å². The molecule has 1 N–H and O–H groups in total. The van der Waals surface area contributed by atoms with Crippen LogP contribution < -0.4 is 10.1 Å². The van der Waals surface area contributed by atoms with E-state index in [0.717, 1.165) is 11.5 Å². The van der Waals surface area contributed by atoms with Crippen molar-refractivity contribution >= 4 is 23.2 Å². The molecule has 0 radical (unpaired) electrons. The SMILES string of the molecule is CCCCCC1CCC(c2ccc(C(=O)Nc3ccc(Oc4ccc(C(C)(C)C)cc4)c4c3C(=O)c3ccccc3C4=O)cc2)CC1. The summed E-state index contributed by atoms with van der Waals surface area (Å²) in [5.74, 6) is 1.25. The van der Waals surface area contributed by atoms with Crippen molar-refractivity contribution in [1.29, 1.82) is 0 Å². The van der Waals surface area contributed by atoms with Crippen LogP contribution in [0.2, 0.25) is 0 Å². The standard InChI is InChI=1S/C42H45NO4/c1-5-6-7-10-27-13-15-28(16-14-27)29-17-19-30(20-18-29)41(46)43-35-25-26-36(47-32-23-21-31(22-24-32)42(2,3)4)38-37(35)39(44)33-11-8-9-12-34(33)40(38)45/h8-9,11-12,17-28H,5-7,10,13-16H2,1-4H3,(H,43,46).